The molecule has 5 rings (SSSR count). The summed E-state index contributed by atoms with van der Waals surface area (Å²) in [7, 11) is 0. The third-order valence-electron chi connectivity index (χ3n) is 8.99. The maximum absolute atomic E-state index is 15.7. The first-order valence-corrected chi connectivity index (χ1v) is 15.7. The summed E-state index contributed by atoms with van der Waals surface area (Å²) in [6.45, 7) is 0. The zero-order chi connectivity index (χ0) is 47.0. The van der Waals surface area contributed by atoms with E-state index in [0.717, 1.165) is 36.4 Å². The van der Waals surface area contributed by atoms with Crippen LogP contribution < -0.4 is 0 Å². The van der Waals surface area contributed by atoms with Crippen LogP contribution in [-0.2, 0) is 37.1 Å². The van der Waals surface area contributed by atoms with E-state index in [-0.39, 0.29) is 24.3 Å². The average molecular weight is 888 g/mol. The maximum Gasteiger partial charge on any atom is 0.417 e. The number of benzene rings is 3. The van der Waals surface area contributed by atoms with Gasteiger partial charge in [0.15, 0.2) is 0 Å². The fraction of sp³-hybridized carbons (Fsp3) is 0.158. The molecule has 0 aromatic heterocycles. The van der Waals surface area contributed by atoms with Gasteiger partial charge in [-0.2, -0.15) is 111 Å². The van der Waals surface area contributed by atoms with Crippen molar-refractivity contribution in [3.8, 4) is 36.4 Å². The van der Waals surface area contributed by atoms with E-state index in [4.69, 9.17) is 0 Å². The summed E-state index contributed by atoms with van der Waals surface area (Å²) in [6.07, 6.45) is -35.9. The van der Waals surface area contributed by atoms with Gasteiger partial charge in [0, 0.05) is 44.5 Å². The molecular weight excluding hydrogens is 882 g/mol. The van der Waals surface area contributed by atoms with Crippen molar-refractivity contribution in [2.75, 3.05) is 0 Å². The van der Waals surface area contributed by atoms with Crippen LogP contribution >= 0.6 is 0 Å². The molecular formula is C38H6F18N6. The Kier molecular flexibility index (Phi) is 10.6. The van der Waals surface area contributed by atoms with E-state index in [1.165, 1.54) is 0 Å². The Hall–Kier alpha value is -7.70. The van der Waals surface area contributed by atoms with Crippen molar-refractivity contribution in [1.82, 2.24) is 0 Å². The standard InChI is InChI=1S/C38H6F18N6/c39-33(40,41)17-1-13(2-18(5-17)34(42,43)44)23-21(11-61)27-29(25(23)15(7-57)8-58)32(38(54,55)56)28-22(12-62)24(26(16(9-59)10-60)30(28)31(27)37(51,52)53)14-3-19(35(45,46)47)6-20(4-14)36(48,49)50/h1-6H. The molecule has 0 amide bonds. The molecule has 0 heterocycles. The summed E-state index contributed by atoms with van der Waals surface area (Å²) in [5.74, 6) is 0. The Balaban J connectivity index is 2.24. The lowest BCUT2D eigenvalue weighted by molar-refractivity contribution is -0.144. The fourth-order valence-electron chi connectivity index (χ4n) is 6.84. The smallest absolute Gasteiger partial charge is 0.192 e. The minimum Gasteiger partial charge on any atom is -0.192 e. The fourth-order valence-corrected chi connectivity index (χ4v) is 6.84. The predicted octanol–water partition coefficient (Wildman–Crippen LogP) is 12.3. The van der Waals surface area contributed by atoms with E-state index < -0.39 is 161 Å². The minimum absolute atomic E-state index is 0.298. The molecule has 0 fully saturated rings. The minimum atomic E-state index is -6.35. The van der Waals surface area contributed by atoms with Gasteiger partial charge in [-0.05, 0) is 47.5 Å². The van der Waals surface area contributed by atoms with Crippen molar-refractivity contribution in [2.24, 2.45) is 0 Å². The van der Waals surface area contributed by atoms with Gasteiger partial charge in [0.2, 0.25) is 0 Å². The quantitative estimate of drug-likeness (QED) is 0.185. The van der Waals surface area contributed by atoms with Gasteiger partial charge in [-0.1, -0.05) is 0 Å². The SMILES string of the molecule is N#CC(C#N)=C1C(c2cc(C(F)(F)F)cc(C(F)(F)F)c2)=C(C#N)c2c1c(C(F)(F)F)c1c(c2C(F)(F)F)C(=C(C#N)C#N)C(c2cc(C(F)(F)F)cc(C(F)(F)F)c2)=C1C#N. The second kappa shape index (κ2) is 14.5. The number of nitrogens with zero attached hydrogens (tertiary/aromatic N) is 6. The summed E-state index contributed by atoms with van der Waals surface area (Å²) in [4.78, 5) is 0. The van der Waals surface area contributed by atoms with Crippen LogP contribution in [0.4, 0.5) is 79.0 Å². The molecule has 3 aromatic carbocycles. The van der Waals surface area contributed by atoms with Gasteiger partial charge in [-0.3, -0.25) is 0 Å². The molecule has 0 saturated carbocycles. The zero-order valence-corrected chi connectivity index (χ0v) is 29.0. The molecule has 24 heteroatoms. The number of rotatable bonds is 2. The molecule has 2 aliphatic carbocycles. The zero-order valence-electron chi connectivity index (χ0n) is 29.0. The van der Waals surface area contributed by atoms with Crippen LogP contribution in [0.25, 0.3) is 33.4 Å². The van der Waals surface area contributed by atoms with Gasteiger partial charge in [-0.15, -0.1) is 0 Å². The van der Waals surface area contributed by atoms with E-state index in [1.807, 2.05) is 0 Å². The highest BCUT2D eigenvalue weighted by molar-refractivity contribution is 6.31. The largest absolute Gasteiger partial charge is 0.417 e. The molecule has 0 radical (unpaired) electrons. The van der Waals surface area contributed by atoms with E-state index in [2.05, 4.69) is 0 Å². The summed E-state index contributed by atoms with van der Waals surface area (Å²) in [5.41, 5.74) is -41.7. The third-order valence-corrected chi connectivity index (χ3v) is 8.99. The topological polar surface area (TPSA) is 143 Å². The number of nitriles is 6. The molecule has 62 heavy (non-hydrogen) atoms. The molecule has 3 aromatic rings. The summed E-state index contributed by atoms with van der Waals surface area (Å²) >= 11 is 0. The molecule has 2 aliphatic rings. The van der Waals surface area contributed by atoms with Crippen molar-refractivity contribution in [1.29, 1.82) is 31.6 Å². The Bertz CT molecular complexity index is 2620. The summed E-state index contributed by atoms with van der Waals surface area (Å²) < 4.78 is 262. The van der Waals surface area contributed by atoms with Gasteiger partial charge >= 0.3 is 37.1 Å². The van der Waals surface area contributed by atoms with E-state index in [1.54, 1.807) is 0 Å². The number of hydrogen-bond donors (Lipinski definition) is 0. The average Bonchev–Trinajstić information content (AvgIpc) is 3.65. The number of fused-ring (bicyclic) bond motifs is 2. The van der Waals surface area contributed by atoms with Gasteiger partial charge in [0.25, 0.3) is 0 Å². The van der Waals surface area contributed by atoms with Crippen molar-refractivity contribution in [3.05, 3.63) is 114 Å². The highest BCUT2D eigenvalue weighted by Crippen LogP contribution is 2.63. The van der Waals surface area contributed by atoms with Gasteiger partial charge in [-0.25, -0.2) is 0 Å². The number of alkyl halides is 18. The highest BCUT2D eigenvalue weighted by Gasteiger charge is 2.54. The van der Waals surface area contributed by atoms with Crippen LogP contribution in [0.15, 0.2) is 47.5 Å². The van der Waals surface area contributed by atoms with E-state index in [0.29, 0.717) is 0 Å². The first-order chi connectivity index (χ1) is 28.3. The number of halogens is 18. The first-order valence-electron chi connectivity index (χ1n) is 15.7. The Labute approximate surface area is 331 Å². The Morgan fingerprint density at radius 1 is 0.339 bits per heavy atom. The van der Waals surface area contributed by atoms with Gasteiger partial charge in [0.1, 0.15) is 47.6 Å². The van der Waals surface area contributed by atoms with Crippen LogP contribution in [0.5, 0.6) is 0 Å². The summed E-state index contributed by atoms with van der Waals surface area (Å²) in [6, 6.07) is 3.18. The van der Waals surface area contributed by atoms with Crippen LogP contribution in [-0.4, -0.2) is 0 Å². The molecule has 0 atom stereocenters. The highest BCUT2D eigenvalue weighted by atomic mass is 19.4. The molecule has 0 N–H and O–H groups in total. The molecule has 0 unspecified atom stereocenters. The molecule has 0 bridgehead atoms. The second-order valence-electron chi connectivity index (χ2n) is 12.5. The Morgan fingerprint density at radius 2 is 0.581 bits per heavy atom. The monoisotopic (exact) mass is 888 g/mol. The van der Waals surface area contributed by atoms with Crippen LogP contribution in [0.2, 0.25) is 0 Å². The maximum atomic E-state index is 15.7. The van der Waals surface area contributed by atoms with Crippen LogP contribution in [0.1, 0.15) is 66.8 Å². The lowest BCUT2D eigenvalue weighted by Gasteiger charge is -2.24. The van der Waals surface area contributed by atoms with Crippen molar-refractivity contribution < 1.29 is 79.0 Å². The Morgan fingerprint density at radius 3 is 0.758 bits per heavy atom. The number of hydrogen-bond acceptors (Lipinski definition) is 6. The predicted molar refractivity (Wildman–Crippen MR) is 170 cm³/mol. The molecule has 6 nitrogen and oxygen atoms in total. The normalized spacial score (nSPS) is 14.3. The third kappa shape index (κ3) is 7.41. The lowest BCUT2D eigenvalue weighted by Crippen LogP contribution is -2.20. The second-order valence-corrected chi connectivity index (χ2v) is 12.5. The molecule has 0 saturated heterocycles. The molecule has 314 valence electrons. The molecule has 0 spiro atoms. The van der Waals surface area contributed by atoms with Crippen molar-refractivity contribution >= 4 is 33.4 Å². The van der Waals surface area contributed by atoms with Crippen molar-refractivity contribution in [3.63, 3.8) is 0 Å². The van der Waals surface area contributed by atoms with E-state index >= 15 is 26.3 Å². The number of allylic oxidation sites excluding steroid dienone is 8. The molecule has 0 aliphatic heterocycles. The van der Waals surface area contributed by atoms with Gasteiger partial charge in [0.05, 0.1) is 44.5 Å². The van der Waals surface area contributed by atoms with Crippen LogP contribution in [0.3, 0.4) is 0 Å². The van der Waals surface area contributed by atoms with E-state index in [9.17, 15) is 84.3 Å². The van der Waals surface area contributed by atoms with Gasteiger partial charge < -0.3 is 0 Å². The lowest BCUT2D eigenvalue weighted by atomic mass is 9.81. The van der Waals surface area contributed by atoms with Crippen molar-refractivity contribution in [2.45, 2.75) is 37.1 Å². The van der Waals surface area contributed by atoms with Crippen LogP contribution in [0, 0.1) is 68.0 Å². The first kappa shape index (κ1) is 45.4. The summed E-state index contributed by atoms with van der Waals surface area (Å²) in [5, 5.41) is 60.0.